The van der Waals surface area contributed by atoms with Gasteiger partial charge in [0.25, 0.3) is 5.56 Å². The van der Waals surface area contributed by atoms with Crippen molar-refractivity contribution >= 4 is 38.4 Å². The minimum atomic E-state index is -0.660. The van der Waals surface area contributed by atoms with Gasteiger partial charge in [-0.3, -0.25) is 4.79 Å². The number of H-pyrrole nitrogens is 1. The van der Waals surface area contributed by atoms with Crippen LogP contribution in [0.2, 0.25) is 5.02 Å². The summed E-state index contributed by atoms with van der Waals surface area (Å²) >= 11 is 9.28. The number of halogens is 3. The first-order valence-corrected chi connectivity index (χ1v) is 9.76. The number of fused-ring (bicyclic) bond motifs is 1. The zero-order valence-corrected chi connectivity index (χ0v) is 16.6. The average molecular weight is 461 g/mol. The third-order valence-electron chi connectivity index (χ3n) is 5.08. The van der Waals surface area contributed by atoms with Gasteiger partial charge in [-0.2, -0.15) is 4.98 Å². The Morgan fingerprint density at radius 2 is 2.00 bits per heavy atom. The second-order valence-corrected chi connectivity index (χ2v) is 8.23. The van der Waals surface area contributed by atoms with Gasteiger partial charge in [0.1, 0.15) is 5.82 Å². The molecule has 1 aliphatic carbocycles. The molecule has 0 spiro atoms. The summed E-state index contributed by atoms with van der Waals surface area (Å²) in [5.74, 6) is 0.0781. The highest BCUT2D eigenvalue weighted by Gasteiger charge is 2.52. The van der Waals surface area contributed by atoms with Crippen molar-refractivity contribution in [1.82, 2.24) is 15.1 Å². The molecule has 1 saturated carbocycles. The largest absolute Gasteiger partial charge is 0.338 e. The number of hydrogen-bond acceptors (Lipinski definition) is 4. The summed E-state index contributed by atoms with van der Waals surface area (Å²) in [7, 11) is 0. The average Bonchev–Trinajstić information content (AvgIpc) is 3.30. The maximum absolute atomic E-state index is 14.4. The van der Waals surface area contributed by atoms with Gasteiger partial charge in [0.15, 0.2) is 0 Å². The van der Waals surface area contributed by atoms with Crippen LogP contribution in [0.1, 0.15) is 24.3 Å². The maximum atomic E-state index is 14.4. The summed E-state index contributed by atoms with van der Waals surface area (Å²) in [6.45, 7) is 0. The van der Waals surface area contributed by atoms with E-state index in [-0.39, 0.29) is 11.4 Å². The van der Waals surface area contributed by atoms with Gasteiger partial charge in [-0.25, -0.2) is 4.39 Å². The normalized spacial score (nSPS) is 15.1. The van der Waals surface area contributed by atoms with Crippen LogP contribution in [-0.4, -0.2) is 15.1 Å². The first-order chi connectivity index (χ1) is 13.5. The van der Waals surface area contributed by atoms with E-state index in [1.807, 2.05) is 18.2 Å². The Hall–Kier alpha value is -2.51. The Labute approximate surface area is 171 Å². The standard InChI is InChI=1S/C20H12BrClFN3O2/c21-11-1-4-16-10(7-11)8-13(18(27)24-16)17-25-19(28-26-17)20(5-6-20)14-3-2-12(22)9-15(14)23/h1-4,7-9H,5-6H2,(H,24,27). The van der Waals surface area contributed by atoms with Gasteiger partial charge in [0, 0.05) is 26.0 Å². The van der Waals surface area contributed by atoms with Gasteiger partial charge in [-0.1, -0.05) is 38.8 Å². The number of nitrogens with zero attached hydrogens (tertiary/aromatic N) is 2. The van der Waals surface area contributed by atoms with E-state index in [0.717, 1.165) is 9.86 Å². The molecule has 2 aromatic heterocycles. The quantitative estimate of drug-likeness (QED) is 0.455. The van der Waals surface area contributed by atoms with Crippen LogP contribution in [0, 0.1) is 5.82 Å². The SMILES string of the molecule is O=c1[nH]c2ccc(Br)cc2cc1-c1noc(C2(c3ccc(Cl)cc3F)CC2)n1. The van der Waals surface area contributed by atoms with Crippen molar-refractivity contribution in [1.29, 1.82) is 0 Å². The molecular formula is C20H12BrClFN3O2. The monoisotopic (exact) mass is 459 g/mol. The van der Waals surface area contributed by atoms with Gasteiger partial charge in [0.05, 0.1) is 11.0 Å². The summed E-state index contributed by atoms with van der Waals surface area (Å²) in [6, 6.07) is 11.8. The molecular weight excluding hydrogens is 449 g/mol. The first kappa shape index (κ1) is 17.6. The van der Waals surface area contributed by atoms with Crippen LogP contribution >= 0.6 is 27.5 Å². The van der Waals surface area contributed by atoms with E-state index in [0.29, 0.717) is 40.4 Å². The van der Waals surface area contributed by atoms with E-state index in [9.17, 15) is 9.18 Å². The van der Waals surface area contributed by atoms with E-state index in [4.69, 9.17) is 16.1 Å². The lowest BCUT2D eigenvalue weighted by molar-refractivity contribution is 0.357. The van der Waals surface area contributed by atoms with Crippen molar-refractivity contribution in [2.45, 2.75) is 18.3 Å². The van der Waals surface area contributed by atoms with E-state index < -0.39 is 11.2 Å². The molecule has 2 heterocycles. The topological polar surface area (TPSA) is 71.8 Å². The third kappa shape index (κ3) is 2.77. The molecule has 0 saturated heterocycles. The number of aromatic amines is 1. The third-order valence-corrected chi connectivity index (χ3v) is 5.81. The highest BCUT2D eigenvalue weighted by atomic mass is 79.9. The summed E-state index contributed by atoms with van der Waals surface area (Å²) in [4.78, 5) is 19.7. The Kier molecular flexibility index (Phi) is 3.93. The maximum Gasteiger partial charge on any atom is 0.259 e. The van der Waals surface area contributed by atoms with Gasteiger partial charge in [-0.15, -0.1) is 0 Å². The Bertz CT molecular complexity index is 1300. The molecule has 1 fully saturated rings. The van der Waals surface area contributed by atoms with Crippen LogP contribution in [0.15, 0.2) is 56.3 Å². The molecule has 5 rings (SSSR count). The molecule has 0 bridgehead atoms. The van der Waals surface area contributed by atoms with Gasteiger partial charge < -0.3 is 9.51 Å². The summed E-state index contributed by atoms with van der Waals surface area (Å²) in [5.41, 5.74) is 0.510. The van der Waals surface area contributed by atoms with E-state index >= 15 is 0 Å². The number of rotatable bonds is 3. The number of aromatic nitrogens is 3. The molecule has 28 heavy (non-hydrogen) atoms. The lowest BCUT2D eigenvalue weighted by atomic mass is 9.95. The molecule has 1 aliphatic rings. The molecule has 4 aromatic rings. The highest BCUT2D eigenvalue weighted by Crippen LogP contribution is 2.53. The molecule has 5 nitrogen and oxygen atoms in total. The molecule has 2 aromatic carbocycles. The first-order valence-electron chi connectivity index (χ1n) is 8.59. The number of hydrogen-bond donors (Lipinski definition) is 1. The van der Waals surface area contributed by atoms with E-state index in [2.05, 4.69) is 31.1 Å². The molecule has 0 aliphatic heterocycles. The smallest absolute Gasteiger partial charge is 0.259 e. The molecule has 0 atom stereocenters. The lowest BCUT2D eigenvalue weighted by Crippen LogP contribution is -2.12. The molecule has 140 valence electrons. The Balaban J connectivity index is 1.59. The van der Waals surface area contributed by atoms with Crippen LogP contribution in [0.3, 0.4) is 0 Å². The number of benzene rings is 2. The lowest BCUT2D eigenvalue weighted by Gasteiger charge is -2.11. The van der Waals surface area contributed by atoms with Crippen molar-refractivity contribution in [2.75, 3.05) is 0 Å². The van der Waals surface area contributed by atoms with Crippen molar-refractivity contribution in [2.24, 2.45) is 0 Å². The van der Waals surface area contributed by atoms with Crippen molar-refractivity contribution < 1.29 is 8.91 Å². The second kappa shape index (κ2) is 6.25. The highest BCUT2D eigenvalue weighted by molar-refractivity contribution is 9.10. The van der Waals surface area contributed by atoms with Crippen LogP contribution in [0.4, 0.5) is 4.39 Å². The number of nitrogens with one attached hydrogen (secondary N) is 1. The van der Waals surface area contributed by atoms with Crippen LogP contribution in [0.25, 0.3) is 22.3 Å². The van der Waals surface area contributed by atoms with Crippen LogP contribution < -0.4 is 5.56 Å². The van der Waals surface area contributed by atoms with E-state index in [1.165, 1.54) is 6.07 Å². The second-order valence-electron chi connectivity index (χ2n) is 6.87. The Morgan fingerprint density at radius 3 is 2.75 bits per heavy atom. The summed E-state index contributed by atoms with van der Waals surface area (Å²) < 4.78 is 20.8. The fourth-order valence-corrected chi connectivity index (χ4v) is 4.01. The van der Waals surface area contributed by atoms with Gasteiger partial charge in [-0.05, 0) is 49.2 Å². The molecule has 0 unspecified atom stereocenters. The fourth-order valence-electron chi connectivity index (χ4n) is 3.47. The molecule has 8 heteroatoms. The van der Waals surface area contributed by atoms with Crippen molar-refractivity contribution in [3.05, 3.63) is 79.6 Å². The van der Waals surface area contributed by atoms with Gasteiger partial charge in [0.2, 0.25) is 11.7 Å². The zero-order chi connectivity index (χ0) is 19.5. The van der Waals surface area contributed by atoms with Crippen molar-refractivity contribution in [3.63, 3.8) is 0 Å². The van der Waals surface area contributed by atoms with Gasteiger partial charge >= 0.3 is 0 Å². The summed E-state index contributed by atoms with van der Waals surface area (Å²) in [5, 5.41) is 5.15. The zero-order valence-electron chi connectivity index (χ0n) is 14.3. The predicted molar refractivity (Wildman–Crippen MR) is 107 cm³/mol. The summed E-state index contributed by atoms with van der Waals surface area (Å²) in [6.07, 6.45) is 1.38. The fraction of sp³-hybridized carbons (Fsp3) is 0.150. The molecule has 1 N–H and O–H groups in total. The molecule has 0 radical (unpaired) electrons. The Morgan fingerprint density at radius 1 is 1.18 bits per heavy atom. The van der Waals surface area contributed by atoms with Crippen molar-refractivity contribution in [3.8, 4) is 11.4 Å². The molecule has 0 amide bonds. The predicted octanol–water partition coefficient (Wildman–Crippen LogP) is 5.21. The minimum Gasteiger partial charge on any atom is -0.338 e. The van der Waals surface area contributed by atoms with Crippen LogP contribution in [0.5, 0.6) is 0 Å². The van der Waals surface area contributed by atoms with Crippen LogP contribution in [-0.2, 0) is 5.41 Å². The van der Waals surface area contributed by atoms with E-state index in [1.54, 1.807) is 18.2 Å². The minimum absolute atomic E-state index is 0.179. The number of pyridine rings is 1.